The molecular formula is C16H20ClN3O2. The Labute approximate surface area is 136 Å². The summed E-state index contributed by atoms with van der Waals surface area (Å²) in [6.45, 7) is 8.24. The molecule has 2 amide bonds. The summed E-state index contributed by atoms with van der Waals surface area (Å²) in [5.74, 6) is -0.155. The fourth-order valence-electron chi connectivity index (χ4n) is 2.90. The van der Waals surface area contributed by atoms with Crippen LogP contribution in [-0.2, 0) is 4.79 Å². The van der Waals surface area contributed by atoms with Crippen LogP contribution in [0.3, 0.4) is 0 Å². The third kappa shape index (κ3) is 2.87. The lowest BCUT2D eigenvalue weighted by Crippen LogP contribution is -2.53. The van der Waals surface area contributed by atoms with E-state index in [2.05, 4.69) is 18.8 Å². The van der Waals surface area contributed by atoms with Crippen molar-refractivity contribution in [1.29, 1.82) is 0 Å². The van der Waals surface area contributed by atoms with Gasteiger partial charge in [0, 0.05) is 42.5 Å². The molecule has 1 N–H and O–H groups in total. The number of benzene rings is 1. The van der Waals surface area contributed by atoms with Crippen molar-refractivity contribution in [1.82, 2.24) is 15.1 Å². The SMILES string of the molecule is C=C1c2ccccc2C(=O)N1CC(=O)N1CCN[C@H](C)C1.Cl. The summed E-state index contributed by atoms with van der Waals surface area (Å²) in [5, 5.41) is 3.30. The van der Waals surface area contributed by atoms with Gasteiger partial charge in [-0.15, -0.1) is 12.4 Å². The number of rotatable bonds is 2. The third-order valence-corrected chi connectivity index (χ3v) is 4.05. The van der Waals surface area contributed by atoms with Gasteiger partial charge in [0.1, 0.15) is 6.54 Å². The van der Waals surface area contributed by atoms with Crippen LogP contribution in [0.2, 0.25) is 0 Å². The Morgan fingerprint density at radius 3 is 2.68 bits per heavy atom. The van der Waals surface area contributed by atoms with E-state index < -0.39 is 0 Å². The Hall–Kier alpha value is -1.85. The maximum atomic E-state index is 12.4. The van der Waals surface area contributed by atoms with Gasteiger partial charge in [-0.3, -0.25) is 14.5 Å². The lowest BCUT2D eigenvalue weighted by Gasteiger charge is -2.33. The molecular weight excluding hydrogens is 302 g/mol. The Balaban J connectivity index is 0.00000176. The van der Waals surface area contributed by atoms with Crippen molar-refractivity contribution in [3.05, 3.63) is 42.0 Å². The number of piperazine rings is 1. The van der Waals surface area contributed by atoms with Gasteiger partial charge in [0.25, 0.3) is 5.91 Å². The molecule has 5 nitrogen and oxygen atoms in total. The molecule has 1 saturated heterocycles. The Morgan fingerprint density at radius 2 is 2.05 bits per heavy atom. The van der Waals surface area contributed by atoms with Crippen LogP contribution in [0.15, 0.2) is 30.8 Å². The fraction of sp³-hybridized carbons (Fsp3) is 0.375. The third-order valence-electron chi connectivity index (χ3n) is 4.05. The number of hydrogen-bond acceptors (Lipinski definition) is 3. The first-order chi connectivity index (χ1) is 10.1. The average molecular weight is 322 g/mol. The van der Waals surface area contributed by atoms with Gasteiger partial charge < -0.3 is 10.2 Å². The van der Waals surface area contributed by atoms with Gasteiger partial charge >= 0.3 is 0 Å². The van der Waals surface area contributed by atoms with Crippen LogP contribution >= 0.6 is 12.4 Å². The number of halogens is 1. The van der Waals surface area contributed by atoms with Gasteiger partial charge in [-0.25, -0.2) is 0 Å². The van der Waals surface area contributed by atoms with Crippen LogP contribution in [0.4, 0.5) is 0 Å². The number of amides is 2. The monoisotopic (exact) mass is 321 g/mol. The normalized spacial score (nSPS) is 20.7. The molecule has 0 aliphatic carbocycles. The highest BCUT2D eigenvalue weighted by molar-refractivity contribution is 6.10. The zero-order chi connectivity index (χ0) is 15.0. The minimum absolute atomic E-state index is 0. The number of carbonyl (C=O) groups is 2. The lowest BCUT2D eigenvalue weighted by atomic mass is 10.1. The molecule has 2 aliphatic heterocycles. The standard InChI is InChI=1S/C16H19N3O2.ClH/c1-11-9-18(8-7-17-11)15(20)10-19-12(2)13-5-3-4-6-14(13)16(19)21;/h3-6,11,17H,2,7-10H2,1H3;1H/t11-;/m1./s1. The van der Waals surface area contributed by atoms with Crippen molar-refractivity contribution in [3.63, 3.8) is 0 Å². The second kappa shape index (κ2) is 6.50. The van der Waals surface area contributed by atoms with Crippen molar-refractivity contribution in [3.8, 4) is 0 Å². The summed E-state index contributed by atoms with van der Waals surface area (Å²) in [7, 11) is 0. The predicted octanol–water partition coefficient (Wildman–Crippen LogP) is 1.36. The number of carbonyl (C=O) groups excluding carboxylic acids is 2. The highest BCUT2D eigenvalue weighted by Gasteiger charge is 2.33. The molecule has 0 aromatic heterocycles. The molecule has 0 bridgehead atoms. The van der Waals surface area contributed by atoms with E-state index >= 15 is 0 Å². The summed E-state index contributed by atoms with van der Waals surface area (Å²) in [4.78, 5) is 28.1. The maximum Gasteiger partial charge on any atom is 0.259 e. The van der Waals surface area contributed by atoms with Gasteiger partial charge in [-0.2, -0.15) is 0 Å². The van der Waals surface area contributed by atoms with E-state index in [0.29, 0.717) is 24.4 Å². The van der Waals surface area contributed by atoms with E-state index in [1.54, 1.807) is 6.07 Å². The molecule has 1 aromatic rings. The van der Waals surface area contributed by atoms with Crippen molar-refractivity contribution >= 4 is 29.9 Å². The number of fused-ring (bicyclic) bond motifs is 1. The molecule has 6 heteroatoms. The number of hydrogen-bond donors (Lipinski definition) is 1. The smallest absolute Gasteiger partial charge is 0.259 e. The van der Waals surface area contributed by atoms with E-state index in [4.69, 9.17) is 0 Å². The first-order valence-corrected chi connectivity index (χ1v) is 7.19. The van der Waals surface area contributed by atoms with Crippen molar-refractivity contribution in [2.24, 2.45) is 0 Å². The second-order valence-electron chi connectivity index (χ2n) is 5.58. The van der Waals surface area contributed by atoms with Crippen LogP contribution < -0.4 is 5.32 Å². The molecule has 2 heterocycles. The first kappa shape index (κ1) is 16.5. The molecule has 1 fully saturated rings. The number of nitrogens with one attached hydrogen (secondary N) is 1. The fourth-order valence-corrected chi connectivity index (χ4v) is 2.90. The molecule has 0 radical (unpaired) electrons. The predicted molar refractivity (Wildman–Crippen MR) is 87.8 cm³/mol. The van der Waals surface area contributed by atoms with Crippen molar-refractivity contribution in [2.45, 2.75) is 13.0 Å². The molecule has 22 heavy (non-hydrogen) atoms. The summed E-state index contributed by atoms with van der Waals surface area (Å²) < 4.78 is 0. The zero-order valence-electron chi connectivity index (χ0n) is 12.5. The highest BCUT2D eigenvalue weighted by Crippen LogP contribution is 2.30. The molecule has 0 spiro atoms. The lowest BCUT2D eigenvalue weighted by molar-refractivity contribution is -0.132. The molecule has 1 aromatic carbocycles. The van der Waals surface area contributed by atoms with Crippen LogP contribution in [0.25, 0.3) is 5.70 Å². The van der Waals surface area contributed by atoms with Crippen LogP contribution in [0.5, 0.6) is 0 Å². The van der Waals surface area contributed by atoms with E-state index in [-0.39, 0.29) is 36.8 Å². The van der Waals surface area contributed by atoms with Gasteiger partial charge in [0.2, 0.25) is 5.91 Å². The van der Waals surface area contributed by atoms with Gasteiger partial charge in [-0.05, 0) is 13.0 Å². The molecule has 1 atom stereocenters. The second-order valence-corrected chi connectivity index (χ2v) is 5.58. The number of nitrogens with zero attached hydrogens (tertiary/aromatic N) is 2. The van der Waals surface area contributed by atoms with E-state index in [1.807, 2.05) is 23.1 Å². The quantitative estimate of drug-likeness (QED) is 0.895. The van der Waals surface area contributed by atoms with E-state index in [0.717, 1.165) is 12.1 Å². The maximum absolute atomic E-state index is 12.4. The first-order valence-electron chi connectivity index (χ1n) is 7.19. The summed E-state index contributed by atoms with van der Waals surface area (Å²) in [6, 6.07) is 7.64. The van der Waals surface area contributed by atoms with Crippen LogP contribution in [-0.4, -0.2) is 53.8 Å². The van der Waals surface area contributed by atoms with E-state index in [1.165, 1.54) is 4.90 Å². The summed E-state index contributed by atoms with van der Waals surface area (Å²) >= 11 is 0. The summed E-state index contributed by atoms with van der Waals surface area (Å²) in [6.07, 6.45) is 0. The Morgan fingerprint density at radius 1 is 1.36 bits per heavy atom. The summed E-state index contributed by atoms with van der Waals surface area (Å²) in [5.41, 5.74) is 2.07. The van der Waals surface area contributed by atoms with Crippen LogP contribution in [0, 0.1) is 0 Å². The largest absolute Gasteiger partial charge is 0.338 e. The minimum Gasteiger partial charge on any atom is -0.338 e. The molecule has 118 valence electrons. The molecule has 0 saturated carbocycles. The van der Waals surface area contributed by atoms with Gasteiger partial charge in [0.05, 0.1) is 0 Å². The Bertz CT molecular complexity index is 582. The highest BCUT2D eigenvalue weighted by atomic mass is 35.5. The van der Waals surface area contributed by atoms with Crippen LogP contribution in [0.1, 0.15) is 22.8 Å². The molecule has 3 rings (SSSR count). The topological polar surface area (TPSA) is 52.7 Å². The Kier molecular flexibility index (Phi) is 4.88. The zero-order valence-corrected chi connectivity index (χ0v) is 13.4. The van der Waals surface area contributed by atoms with Gasteiger partial charge in [0.15, 0.2) is 0 Å². The van der Waals surface area contributed by atoms with Crippen molar-refractivity contribution in [2.75, 3.05) is 26.2 Å². The average Bonchev–Trinajstić information content (AvgIpc) is 2.73. The van der Waals surface area contributed by atoms with Crippen molar-refractivity contribution < 1.29 is 9.59 Å². The molecule has 2 aliphatic rings. The van der Waals surface area contributed by atoms with E-state index in [9.17, 15) is 9.59 Å². The molecule has 0 unspecified atom stereocenters. The van der Waals surface area contributed by atoms with Gasteiger partial charge in [-0.1, -0.05) is 24.8 Å². The minimum atomic E-state index is -0.132.